The minimum Gasteiger partial charge on any atom is -0.326 e. The van der Waals surface area contributed by atoms with Gasteiger partial charge in [-0.1, -0.05) is 12.8 Å². The van der Waals surface area contributed by atoms with Crippen molar-refractivity contribution in [1.29, 1.82) is 0 Å². The van der Waals surface area contributed by atoms with E-state index in [4.69, 9.17) is 5.73 Å². The Balaban J connectivity index is 2.02. The van der Waals surface area contributed by atoms with Crippen LogP contribution in [0.1, 0.15) is 44.4 Å². The summed E-state index contributed by atoms with van der Waals surface area (Å²) in [6, 6.07) is 2.30. The predicted octanol–water partition coefficient (Wildman–Crippen LogP) is 4.04. The molecule has 2 nitrogen and oxygen atoms in total. The molecule has 1 aliphatic rings. The molecule has 1 saturated heterocycles. The zero-order valence-corrected chi connectivity index (χ0v) is 14.4. The molecular formula is C15H25BrN2S. The van der Waals surface area contributed by atoms with Gasteiger partial charge in [0.2, 0.25) is 0 Å². The molecule has 2 heterocycles. The van der Waals surface area contributed by atoms with Crippen molar-refractivity contribution in [3.05, 3.63) is 20.8 Å². The van der Waals surface area contributed by atoms with Crippen LogP contribution in [0.15, 0.2) is 15.9 Å². The molecule has 1 unspecified atom stereocenters. The molecule has 0 aliphatic carbocycles. The molecule has 1 aromatic rings. The van der Waals surface area contributed by atoms with Crippen LogP contribution in [0, 0.1) is 0 Å². The number of likely N-dealkylation sites (tertiary alicyclic amines) is 1. The average molecular weight is 345 g/mol. The Bertz CT molecular complexity index is 395. The maximum absolute atomic E-state index is 6.54. The van der Waals surface area contributed by atoms with Crippen molar-refractivity contribution in [2.75, 3.05) is 13.1 Å². The summed E-state index contributed by atoms with van der Waals surface area (Å²) in [5.41, 5.74) is 6.61. The summed E-state index contributed by atoms with van der Waals surface area (Å²) < 4.78 is 1.21. The molecule has 2 rings (SSSR count). The summed E-state index contributed by atoms with van der Waals surface area (Å²) in [5, 5.41) is 2.13. The van der Waals surface area contributed by atoms with Crippen molar-refractivity contribution < 1.29 is 0 Å². The molecule has 0 saturated carbocycles. The monoisotopic (exact) mass is 344 g/mol. The molecule has 2 N–H and O–H groups in total. The molecule has 0 spiro atoms. The lowest BCUT2D eigenvalue weighted by atomic mass is 9.90. The molecule has 1 aromatic heterocycles. The van der Waals surface area contributed by atoms with E-state index >= 15 is 0 Å². The largest absolute Gasteiger partial charge is 0.326 e. The third-order valence-corrected chi connectivity index (χ3v) is 6.37. The highest BCUT2D eigenvalue weighted by molar-refractivity contribution is 9.10. The summed E-state index contributed by atoms with van der Waals surface area (Å²) in [5.74, 6) is 0. The maximum Gasteiger partial charge on any atom is 0.0314 e. The van der Waals surface area contributed by atoms with E-state index in [1.807, 2.05) is 0 Å². The van der Waals surface area contributed by atoms with E-state index in [0.29, 0.717) is 0 Å². The molecule has 108 valence electrons. The Labute approximate surface area is 129 Å². The molecule has 0 amide bonds. The van der Waals surface area contributed by atoms with Crippen molar-refractivity contribution in [3.63, 3.8) is 0 Å². The molecule has 4 heteroatoms. The molecular weight excluding hydrogens is 320 g/mol. The minimum absolute atomic E-state index is 0.0772. The number of hydrogen-bond donors (Lipinski definition) is 1. The van der Waals surface area contributed by atoms with Crippen LogP contribution in [0.2, 0.25) is 0 Å². The van der Waals surface area contributed by atoms with E-state index in [-0.39, 0.29) is 11.6 Å². The smallest absolute Gasteiger partial charge is 0.0314 e. The topological polar surface area (TPSA) is 29.3 Å². The number of nitrogens with two attached hydrogens (primary N) is 1. The number of nitrogens with zero attached hydrogens (tertiary/aromatic N) is 1. The fourth-order valence-electron chi connectivity index (χ4n) is 2.80. The Hall–Kier alpha value is 0.1000. The van der Waals surface area contributed by atoms with Crippen molar-refractivity contribution in [2.45, 2.75) is 57.5 Å². The highest BCUT2D eigenvalue weighted by atomic mass is 79.9. The Morgan fingerprint density at radius 1 is 1.32 bits per heavy atom. The lowest BCUT2D eigenvalue weighted by Crippen LogP contribution is -2.57. The third kappa shape index (κ3) is 3.81. The molecule has 0 bridgehead atoms. The van der Waals surface area contributed by atoms with Gasteiger partial charge in [0.15, 0.2) is 0 Å². The molecule has 0 aromatic carbocycles. The first-order valence-corrected chi connectivity index (χ1v) is 8.91. The summed E-state index contributed by atoms with van der Waals surface area (Å²) in [6.07, 6.45) is 6.34. The summed E-state index contributed by atoms with van der Waals surface area (Å²) in [4.78, 5) is 3.97. The van der Waals surface area contributed by atoms with Crippen LogP contribution in [-0.4, -0.2) is 29.6 Å². The molecule has 0 radical (unpaired) electrons. The fourth-order valence-corrected chi connectivity index (χ4v) is 4.38. The van der Waals surface area contributed by atoms with Gasteiger partial charge >= 0.3 is 0 Å². The van der Waals surface area contributed by atoms with Crippen molar-refractivity contribution in [2.24, 2.45) is 5.73 Å². The molecule has 19 heavy (non-hydrogen) atoms. The second-order valence-corrected chi connectivity index (χ2v) is 7.91. The lowest BCUT2D eigenvalue weighted by molar-refractivity contribution is 0.0981. The highest BCUT2D eigenvalue weighted by Gasteiger charge is 2.33. The Kier molecular flexibility index (Phi) is 5.46. The second-order valence-electron chi connectivity index (χ2n) is 6.06. The fraction of sp³-hybridized carbons (Fsp3) is 0.733. The first-order valence-electron chi connectivity index (χ1n) is 7.24. The van der Waals surface area contributed by atoms with Crippen molar-refractivity contribution in [1.82, 2.24) is 4.90 Å². The van der Waals surface area contributed by atoms with Gasteiger partial charge in [0, 0.05) is 20.9 Å². The van der Waals surface area contributed by atoms with E-state index in [1.54, 1.807) is 11.3 Å². The summed E-state index contributed by atoms with van der Waals surface area (Å²) in [6.45, 7) is 7.02. The minimum atomic E-state index is 0.0772. The summed E-state index contributed by atoms with van der Waals surface area (Å²) in [7, 11) is 0. The van der Waals surface area contributed by atoms with Gasteiger partial charge < -0.3 is 5.73 Å². The van der Waals surface area contributed by atoms with E-state index in [1.165, 1.54) is 48.1 Å². The van der Waals surface area contributed by atoms with Crippen LogP contribution in [0.3, 0.4) is 0 Å². The van der Waals surface area contributed by atoms with E-state index in [9.17, 15) is 0 Å². The van der Waals surface area contributed by atoms with Crippen LogP contribution < -0.4 is 5.73 Å². The van der Waals surface area contributed by atoms with E-state index < -0.39 is 0 Å². The first kappa shape index (κ1) is 15.5. The Morgan fingerprint density at radius 2 is 1.95 bits per heavy atom. The van der Waals surface area contributed by atoms with E-state index in [2.05, 4.69) is 46.1 Å². The van der Waals surface area contributed by atoms with Crippen molar-refractivity contribution >= 4 is 27.3 Å². The molecule has 1 aliphatic heterocycles. The SMILES string of the molecule is CC(C)(C(N)Cc1sccc1Br)N1CCCCCC1. The lowest BCUT2D eigenvalue weighted by Gasteiger charge is -2.42. The number of hydrogen-bond acceptors (Lipinski definition) is 3. The van der Waals surface area contributed by atoms with Crippen LogP contribution in [-0.2, 0) is 6.42 Å². The number of thiophene rings is 1. The van der Waals surface area contributed by atoms with Crippen LogP contribution in [0.25, 0.3) is 0 Å². The van der Waals surface area contributed by atoms with Gasteiger partial charge in [-0.25, -0.2) is 0 Å². The van der Waals surface area contributed by atoms with Crippen LogP contribution in [0.4, 0.5) is 0 Å². The van der Waals surface area contributed by atoms with Crippen LogP contribution >= 0.6 is 27.3 Å². The number of rotatable bonds is 4. The van der Waals surface area contributed by atoms with Gasteiger partial charge in [-0.2, -0.15) is 0 Å². The van der Waals surface area contributed by atoms with Gasteiger partial charge in [-0.15, -0.1) is 11.3 Å². The van der Waals surface area contributed by atoms with Crippen molar-refractivity contribution in [3.8, 4) is 0 Å². The highest BCUT2D eigenvalue weighted by Crippen LogP contribution is 2.29. The van der Waals surface area contributed by atoms with Gasteiger partial charge in [0.25, 0.3) is 0 Å². The van der Waals surface area contributed by atoms with Gasteiger partial charge in [0.05, 0.1) is 0 Å². The maximum atomic E-state index is 6.54. The third-order valence-electron chi connectivity index (χ3n) is 4.42. The average Bonchev–Trinajstić information content (AvgIpc) is 2.64. The van der Waals surface area contributed by atoms with Crippen LogP contribution in [0.5, 0.6) is 0 Å². The first-order chi connectivity index (χ1) is 9.01. The van der Waals surface area contributed by atoms with Gasteiger partial charge in [-0.3, -0.25) is 4.90 Å². The second kappa shape index (κ2) is 6.70. The van der Waals surface area contributed by atoms with Gasteiger partial charge in [0.1, 0.15) is 0 Å². The Morgan fingerprint density at radius 3 is 2.47 bits per heavy atom. The van der Waals surface area contributed by atoms with E-state index in [0.717, 1.165) is 6.42 Å². The van der Waals surface area contributed by atoms with Gasteiger partial charge in [-0.05, 0) is 73.6 Å². The number of halogens is 1. The summed E-state index contributed by atoms with van der Waals surface area (Å²) >= 11 is 5.41. The standard InChI is InChI=1S/C15H25BrN2S/c1-15(2,18-8-5-3-4-6-9-18)14(17)11-13-12(16)7-10-19-13/h7,10,14H,3-6,8-9,11,17H2,1-2H3. The predicted molar refractivity (Wildman–Crippen MR) is 87.8 cm³/mol. The normalized spacial score (nSPS) is 20.2. The molecule has 1 atom stereocenters. The zero-order valence-electron chi connectivity index (χ0n) is 12.0. The molecule has 1 fully saturated rings. The quantitative estimate of drug-likeness (QED) is 0.893. The zero-order chi connectivity index (χ0) is 13.9.